The number of fused-ring (bicyclic) bond motifs is 1. The molecule has 0 N–H and O–H groups in total. The second-order valence-corrected chi connectivity index (χ2v) is 7.67. The van der Waals surface area contributed by atoms with Gasteiger partial charge in [-0.1, -0.05) is 30.8 Å². The summed E-state index contributed by atoms with van der Waals surface area (Å²) in [5.41, 5.74) is 2.20. The molecular weight excluding hydrogens is 358 g/mol. The van der Waals surface area contributed by atoms with Gasteiger partial charge in [-0.05, 0) is 43.2 Å². The first-order chi connectivity index (χ1) is 13.3. The topological polar surface area (TPSA) is 47.0 Å². The van der Waals surface area contributed by atoms with Crippen molar-refractivity contribution in [1.82, 2.24) is 9.88 Å². The highest BCUT2D eigenvalue weighted by atomic mass is 32.2. The molecule has 2 aliphatic heterocycles. The summed E-state index contributed by atoms with van der Waals surface area (Å²) in [7, 11) is 1.68. The molecule has 0 aliphatic carbocycles. The number of thioether (sulfide) groups is 1. The Morgan fingerprint density at radius 1 is 1.19 bits per heavy atom. The Hall–Kier alpha value is -2.21. The summed E-state index contributed by atoms with van der Waals surface area (Å²) in [5.74, 6) is 2.64. The number of ether oxygens (including phenoxy) is 2. The molecule has 27 heavy (non-hydrogen) atoms. The van der Waals surface area contributed by atoms with Gasteiger partial charge in [0.15, 0.2) is 16.7 Å². The first kappa shape index (κ1) is 18.2. The standard InChI is InChI=1S/C21H25N3O2S/c1-4-15-13-27-21-23-19(16-8-6-7-11-22-16)20(24(15)21)14-9-10-17(25-3)18(12-14)26-5-2/h6-12,15,19-20H,4-5,13H2,1-3H3. The van der Waals surface area contributed by atoms with Crippen LogP contribution in [0, 0.1) is 0 Å². The summed E-state index contributed by atoms with van der Waals surface area (Å²) in [6, 6.07) is 12.9. The minimum Gasteiger partial charge on any atom is -0.493 e. The smallest absolute Gasteiger partial charge is 0.161 e. The number of hydrogen-bond donors (Lipinski definition) is 0. The highest BCUT2D eigenvalue weighted by Gasteiger charge is 2.45. The number of methoxy groups -OCH3 is 1. The van der Waals surface area contributed by atoms with Gasteiger partial charge in [-0.3, -0.25) is 9.98 Å². The number of aromatic nitrogens is 1. The average Bonchev–Trinajstić information content (AvgIpc) is 3.28. The maximum Gasteiger partial charge on any atom is 0.161 e. The molecule has 1 aromatic heterocycles. The van der Waals surface area contributed by atoms with Crippen molar-refractivity contribution >= 4 is 16.9 Å². The fourth-order valence-corrected chi connectivity index (χ4v) is 5.19. The summed E-state index contributed by atoms with van der Waals surface area (Å²) in [4.78, 5) is 12.2. The molecule has 0 amide bonds. The van der Waals surface area contributed by atoms with Crippen LogP contribution < -0.4 is 9.47 Å². The highest BCUT2D eigenvalue weighted by molar-refractivity contribution is 8.14. The van der Waals surface area contributed by atoms with Gasteiger partial charge >= 0.3 is 0 Å². The molecular formula is C21H25N3O2S. The van der Waals surface area contributed by atoms with E-state index >= 15 is 0 Å². The predicted molar refractivity (Wildman–Crippen MR) is 110 cm³/mol. The second kappa shape index (κ2) is 7.80. The van der Waals surface area contributed by atoms with Gasteiger partial charge in [-0.2, -0.15) is 0 Å². The lowest BCUT2D eigenvalue weighted by molar-refractivity contribution is 0.253. The van der Waals surface area contributed by atoms with E-state index in [0.29, 0.717) is 12.6 Å². The summed E-state index contributed by atoms with van der Waals surface area (Å²) in [6.07, 6.45) is 2.95. The van der Waals surface area contributed by atoms with Gasteiger partial charge in [0.2, 0.25) is 0 Å². The maximum atomic E-state index is 5.83. The first-order valence-corrected chi connectivity index (χ1v) is 10.5. The van der Waals surface area contributed by atoms with Crippen molar-refractivity contribution in [1.29, 1.82) is 0 Å². The molecule has 3 atom stereocenters. The highest BCUT2D eigenvalue weighted by Crippen LogP contribution is 2.49. The zero-order valence-electron chi connectivity index (χ0n) is 16.0. The zero-order valence-corrected chi connectivity index (χ0v) is 16.8. The molecule has 3 unspecified atom stereocenters. The third-order valence-corrected chi connectivity index (χ3v) is 6.28. The summed E-state index contributed by atoms with van der Waals surface area (Å²) in [5, 5.41) is 1.14. The lowest BCUT2D eigenvalue weighted by Gasteiger charge is -2.32. The Bertz CT molecular complexity index is 827. The summed E-state index contributed by atoms with van der Waals surface area (Å²) < 4.78 is 11.3. The normalized spacial score (nSPS) is 23.9. The number of hydrogen-bond acceptors (Lipinski definition) is 6. The number of nitrogens with zero attached hydrogens (tertiary/aromatic N) is 3. The van der Waals surface area contributed by atoms with Crippen molar-refractivity contribution in [2.75, 3.05) is 19.5 Å². The quantitative estimate of drug-likeness (QED) is 0.737. The Kier molecular flexibility index (Phi) is 5.25. The second-order valence-electron chi connectivity index (χ2n) is 6.68. The lowest BCUT2D eigenvalue weighted by atomic mass is 9.95. The van der Waals surface area contributed by atoms with E-state index in [1.807, 2.05) is 43.1 Å². The number of pyridine rings is 1. The van der Waals surface area contributed by atoms with E-state index in [1.165, 1.54) is 5.56 Å². The van der Waals surface area contributed by atoms with Crippen LogP contribution in [0.1, 0.15) is 43.6 Å². The molecule has 5 nitrogen and oxygen atoms in total. The molecule has 6 heteroatoms. The Labute approximate surface area is 164 Å². The average molecular weight is 384 g/mol. The maximum absolute atomic E-state index is 5.83. The third kappa shape index (κ3) is 3.27. The zero-order chi connectivity index (χ0) is 18.8. The number of amidine groups is 1. The van der Waals surface area contributed by atoms with Crippen LogP contribution in [0.15, 0.2) is 47.6 Å². The van der Waals surface area contributed by atoms with Crippen molar-refractivity contribution in [3.63, 3.8) is 0 Å². The third-order valence-electron chi connectivity index (χ3n) is 5.16. The SMILES string of the molecule is CCOc1cc(C2C(c3ccccn3)N=C3SCC(CC)N32)ccc1OC. The minimum atomic E-state index is -0.00841. The molecule has 0 spiro atoms. The first-order valence-electron chi connectivity index (χ1n) is 9.47. The van der Waals surface area contributed by atoms with Gasteiger partial charge in [0.1, 0.15) is 6.04 Å². The molecule has 3 heterocycles. The van der Waals surface area contributed by atoms with E-state index in [0.717, 1.165) is 34.5 Å². The van der Waals surface area contributed by atoms with Crippen molar-refractivity contribution in [3.8, 4) is 11.5 Å². The molecule has 2 aliphatic rings. The monoisotopic (exact) mass is 383 g/mol. The largest absolute Gasteiger partial charge is 0.493 e. The van der Waals surface area contributed by atoms with E-state index in [9.17, 15) is 0 Å². The predicted octanol–water partition coefficient (Wildman–Crippen LogP) is 4.47. The van der Waals surface area contributed by atoms with Crippen LogP contribution in [-0.4, -0.2) is 40.6 Å². The van der Waals surface area contributed by atoms with Crippen LogP contribution in [0.3, 0.4) is 0 Å². The van der Waals surface area contributed by atoms with Gasteiger partial charge in [0.05, 0.1) is 25.5 Å². The van der Waals surface area contributed by atoms with Crippen LogP contribution in [0.5, 0.6) is 11.5 Å². The molecule has 1 fully saturated rings. The Morgan fingerprint density at radius 3 is 2.78 bits per heavy atom. The van der Waals surface area contributed by atoms with E-state index in [4.69, 9.17) is 14.5 Å². The fraction of sp³-hybridized carbons (Fsp3) is 0.429. The molecule has 142 valence electrons. The van der Waals surface area contributed by atoms with Gasteiger partial charge in [-0.25, -0.2) is 0 Å². The molecule has 1 aromatic carbocycles. The molecule has 2 aromatic rings. The van der Waals surface area contributed by atoms with Crippen molar-refractivity contribution in [2.24, 2.45) is 4.99 Å². The van der Waals surface area contributed by atoms with E-state index < -0.39 is 0 Å². The van der Waals surface area contributed by atoms with Crippen LogP contribution in [0.4, 0.5) is 0 Å². The molecule has 0 bridgehead atoms. The van der Waals surface area contributed by atoms with E-state index in [2.05, 4.69) is 35.0 Å². The van der Waals surface area contributed by atoms with E-state index in [1.54, 1.807) is 7.11 Å². The molecule has 0 radical (unpaired) electrons. The summed E-state index contributed by atoms with van der Waals surface area (Å²) >= 11 is 1.86. The number of aliphatic imine (C=N–C) groups is 1. The van der Waals surface area contributed by atoms with E-state index in [-0.39, 0.29) is 12.1 Å². The Morgan fingerprint density at radius 2 is 2.07 bits per heavy atom. The van der Waals surface area contributed by atoms with Crippen molar-refractivity contribution in [2.45, 2.75) is 38.4 Å². The number of rotatable bonds is 6. The molecule has 4 rings (SSSR count). The van der Waals surface area contributed by atoms with Gasteiger partial charge in [-0.15, -0.1) is 0 Å². The molecule has 0 saturated carbocycles. The van der Waals surface area contributed by atoms with Gasteiger partial charge < -0.3 is 14.4 Å². The van der Waals surface area contributed by atoms with Crippen LogP contribution in [0.25, 0.3) is 0 Å². The fourth-order valence-electron chi connectivity index (χ4n) is 3.86. The van der Waals surface area contributed by atoms with Gasteiger partial charge in [0, 0.05) is 18.0 Å². The summed E-state index contributed by atoms with van der Waals surface area (Å²) in [6.45, 7) is 4.84. The van der Waals surface area contributed by atoms with Crippen LogP contribution in [0.2, 0.25) is 0 Å². The number of benzene rings is 1. The minimum absolute atomic E-state index is 0.00841. The van der Waals surface area contributed by atoms with Crippen molar-refractivity contribution < 1.29 is 9.47 Å². The van der Waals surface area contributed by atoms with Crippen LogP contribution in [-0.2, 0) is 0 Å². The van der Waals surface area contributed by atoms with Gasteiger partial charge in [0.25, 0.3) is 0 Å². The molecule has 1 saturated heterocycles. The van der Waals surface area contributed by atoms with Crippen LogP contribution >= 0.6 is 11.8 Å². The lowest BCUT2D eigenvalue weighted by Crippen LogP contribution is -2.35. The van der Waals surface area contributed by atoms with Crippen molar-refractivity contribution in [3.05, 3.63) is 53.9 Å². The Balaban J connectivity index is 1.78.